The maximum absolute atomic E-state index is 6.20. The molecule has 9 heteroatoms. The van der Waals surface area contributed by atoms with Crippen LogP contribution in [0.1, 0.15) is 26.7 Å². The Labute approximate surface area is 130 Å². The normalized spacial score (nSPS) is 16.0. The second-order valence-corrected chi connectivity index (χ2v) is 10.5. The van der Waals surface area contributed by atoms with Gasteiger partial charge >= 0.3 is 17.6 Å². The first kappa shape index (κ1) is 21.2. The Kier molecular flexibility index (Phi) is 10.1. The van der Waals surface area contributed by atoms with Crippen LogP contribution in [-0.2, 0) is 31.3 Å². The van der Waals surface area contributed by atoms with Crippen molar-refractivity contribution in [3.8, 4) is 0 Å². The molecule has 0 bridgehead atoms. The zero-order chi connectivity index (χ0) is 16.5. The third kappa shape index (κ3) is 4.56. The van der Waals surface area contributed by atoms with Crippen molar-refractivity contribution in [1.82, 2.24) is 0 Å². The smallest absolute Gasteiger partial charge is 0.375 e. The SMILES string of the molecule is CCC(OC(CC)[Si](OC)(OC)OC)[Si](OC)(OC)OC. The third-order valence-corrected chi connectivity index (χ3v) is 9.65. The van der Waals surface area contributed by atoms with Gasteiger partial charge in [-0.3, -0.25) is 0 Å². The minimum absolute atomic E-state index is 0.324. The highest BCUT2D eigenvalue weighted by atomic mass is 28.4. The fourth-order valence-electron chi connectivity index (χ4n) is 2.35. The molecule has 0 aromatic rings. The summed E-state index contributed by atoms with van der Waals surface area (Å²) in [7, 11) is 3.60. The predicted octanol–water partition coefficient (Wildman–Crippen LogP) is 1.39. The molecule has 0 aliphatic carbocycles. The Bertz CT molecular complexity index is 230. The average Bonchev–Trinajstić information content (AvgIpc) is 2.55. The van der Waals surface area contributed by atoms with E-state index in [0.717, 1.165) is 0 Å². The van der Waals surface area contributed by atoms with E-state index in [9.17, 15) is 0 Å². The number of ether oxygens (including phenoxy) is 1. The van der Waals surface area contributed by atoms with E-state index < -0.39 is 17.6 Å². The Hall–Kier alpha value is 0.154. The Balaban J connectivity index is 5.32. The van der Waals surface area contributed by atoms with Crippen molar-refractivity contribution in [2.75, 3.05) is 42.7 Å². The molecule has 0 fully saturated rings. The van der Waals surface area contributed by atoms with Gasteiger partial charge in [0.05, 0.1) is 0 Å². The molecule has 0 spiro atoms. The van der Waals surface area contributed by atoms with Gasteiger partial charge in [-0.15, -0.1) is 0 Å². The van der Waals surface area contributed by atoms with Crippen LogP contribution >= 0.6 is 0 Å². The van der Waals surface area contributed by atoms with Crippen molar-refractivity contribution in [2.45, 2.75) is 38.1 Å². The molecular formula is C12H30O7Si2. The highest BCUT2D eigenvalue weighted by molar-refractivity contribution is 6.63. The minimum atomic E-state index is -2.91. The maximum atomic E-state index is 6.20. The van der Waals surface area contributed by atoms with Crippen LogP contribution in [0.3, 0.4) is 0 Å². The van der Waals surface area contributed by atoms with Crippen molar-refractivity contribution in [3.63, 3.8) is 0 Å². The largest absolute Gasteiger partial charge is 0.530 e. The van der Waals surface area contributed by atoms with E-state index in [1.54, 1.807) is 42.7 Å². The molecule has 2 atom stereocenters. The minimum Gasteiger partial charge on any atom is -0.375 e. The molecule has 0 rings (SSSR count). The third-order valence-electron chi connectivity index (χ3n) is 3.57. The van der Waals surface area contributed by atoms with E-state index in [2.05, 4.69) is 0 Å². The molecule has 0 aliphatic rings. The van der Waals surface area contributed by atoms with Crippen molar-refractivity contribution >= 4 is 17.6 Å². The van der Waals surface area contributed by atoms with Gasteiger partial charge in [0.15, 0.2) is 0 Å². The molecule has 0 N–H and O–H groups in total. The molecular weight excluding hydrogens is 312 g/mol. The van der Waals surface area contributed by atoms with Crippen LogP contribution in [0.25, 0.3) is 0 Å². The molecule has 0 heterocycles. The summed E-state index contributed by atoms with van der Waals surface area (Å²) in [6.45, 7) is 3.98. The van der Waals surface area contributed by atoms with E-state index in [0.29, 0.717) is 12.8 Å². The van der Waals surface area contributed by atoms with Gasteiger partial charge in [0.25, 0.3) is 0 Å². The van der Waals surface area contributed by atoms with Gasteiger partial charge in [0.1, 0.15) is 11.5 Å². The summed E-state index contributed by atoms with van der Waals surface area (Å²) in [5.41, 5.74) is -0.649. The first-order valence-corrected chi connectivity index (χ1v) is 10.6. The zero-order valence-electron chi connectivity index (χ0n) is 14.4. The topological polar surface area (TPSA) is 64.6 Å². The van der Waals surface area contributed by atoms with Crippen LogP contribution in [0.5, 0.6) is 0 Å². The van der Waals surface area contributed by atoms with Gasteiger partial charge in [0, 0.05) is 42.7 Å². The standard InChI is InChI=1S/C12H30O7Si2/c1-9-11(20(13-3,14-4)15-5)19-12(10-2)21(16-6,17-7)18-8/h11-12H,9-10H2,1-8H3. The Morgan fingerprint density at radius 2 is 0.810 bits per heavy atom. The van der Waals surface area contributed by atoms with E-state index >= 15 is 0 Å². The van der Waals surface area contributed by atoms with Crippen LogP contribution in [0, 0.1) is 0 Å². The highest BCUT2D eigenvalue weighted by Crippen LogP contribution is 2.25. The lowest BCUT2D eigenvalue weighted by Crippen LogP contribution is -2.61. The second-order valence-electron chi connectivity index (χ2n) is 4.36. The molecule has 2 unspecified atom stereocenters. The number of rotatable bonds is 12. The summed E-state index contributed by atoms with van der Waals surface area (Å²) in [6.07, 6.45) is 1.36. The van der Waals surface area contributed by atoms with Crippen LogP contribution < -0.4 is 0 Å². The molecule has 0 aromatic carbocycles. The van der Waals surface area contributed by atoms with Gasteiger partial charge in [-0.1, -0.05) is 13.8 Å². The van der Waals surface area contributed by atoms with E-state index in [-0.39, 0.29) is 11.5 Å². The van der Waals surface area contributed by atoms with Crippen molar-refractivity contribution in [2.24, 2.45) is 0 Å². The molecule has 128 valence electrons. The summed E-state index contributed by atoms with van der Waals surface area (Å²) in [5.74, 6) is 0. The van der Waals surface area contributed by atoms with Gasteiger partial charge in [-0.05, 0) is 12.8 Å². The Morgan fingerprint density at radius 1 is 0.571 bits per heavy atom. The first-order chi connectivity index (χ1) is 9.99. The number of hydrogen-bond acceptors (Lipinski definition) is 7. The van der Waals surface area contributed by atoms with Gasteiger partial charge in [0.2, 0.25) is 0 Å². The van der Waals surface area contributed by atoms with E-state index in [1.807, 2.05) is 13.8 Å². The molecule has 7 nitrogen and oxygen atoms in total. The fourth-order valence-corrected chi connectivity index (χ4v) is 6.72. The summed E-state index contributed by atoms with van der Waals surface area (Å²) in [4.78, 5) is 0. The molecule has 0 amide bonds. The molecule has 21 heavy (non-hydrogen) atoms. The van der Waals surface area contributed by atoms with E-state index in [4.69, 9.17) is 31.3 Å². The quantitative estimate of drug-likeness (QED) is 0.497. The van der Waals surface area contributed by atoms with Crippen LogP contribution in [0.15, 0.2) is 0 Å². The summed E-state index contributed by atoms with van der Waals surface area (Å²) in [5, 5.41) is 0. The lowest BCUT2D eigenvalue weighted by molar-refractivity contribution is -0.0396. The van der Waals surface area contributed by atoms with Crippen LogP contribution in [-0.4, -0.2) is 71.7 Å². The second kappa shape index (κ2) is 10.0. The molecule has 0 aliphatic heterocycles. The lowest BCUT2D eigenvalue weighted by Gasteiger charge is -2.37. The zero-order valence-corrected chi connectivity index (χ0v) is 16.4. The monoisotopic (exact) mass is 342 g/mol. The Morgan fingerprint density at radius 3 is 0.952 bits per heavy atom. The predicted molar refractivity (Wildman–Crippen MR) is 82.8 cm³/mol. The summed E-state index contributed by atoms with van der Waals surface area (Å²) < 4.78 is 39.3. The van der Waals surface area contributed by atoms with Crippen LogP contribution in [0.4, 0.5) is 0 Å². The first-order valence-electron chi connectivity index (χ1n) is 6.95. The summed E-state index contributed by atoms with van der Waals surface area (Å²) in [6, 6.07) is 0. The van der Waals surface area contributed by atoms with Crippen molar-refractivity contribution in [1.29, 1.82) is 0 Å². The molecule has 0 saturated carbocycles. The average molecular weight is 343 g/mol. The van der Waals surface area contributed by atoms with Crippen molar-refractivity contribution in [3.05, 3.63) is 0 Å². The molecule has 0 saturated heterocycles. The molecule has 0 radical (unpaired) electrons. The highest BCUT2D eigenvalue weighted by Gasteiger charge is 2.54. The molecule has 0 aromatic heterocycles. The van der Waals surface area contributed by atoms with Crippen molar-refractivity contribution < 1.29 is 31.3 Å². The van der Waals surface area contributed by atoms with E-state index in [1.165, 1.54) is 0 Å². The summed E-state index contributed by atoms with van der Waals surface area (Å²) >= 11 is 0. The van der Waals surface area contributed by atoms with Gasteiger partial charge < -0.3 is 31.3 Å². The van der Waals surface area contributed by atoms with Gasteiger partial charge in [-0.25, -0.2) is 0 Å². The lowest BCUT2D eigenvalue weighted by atomic mass is 10.5. The fraction of sp³-hybridized carbons (Fsp3) is 1.00. The maximum Gasteiger partial charge on any atom is 0.530 e. The van der Waals surface area contributed by atoms with Crippen LogP contribution in [0.2, 0.25) is 0 Å². The van der Waals surface area contributed by atoms with Gasteiger partial charge in [-0.2, -0.15) is 0 Å². The number of hydrogen-bond donors (Lipinski definition) is 0.